The van der Waals surface area contributed by atoms with Gasteiger partial charge < -0.3 is 5.32 Å². The summed E-state index contributed by atoms with van der Waals surface area (Å²) in [6.45, 7) is 3.62. The lowest BCUT2D eigenvalue weighted by Crippen LogP contribution is -2.26. The molecule has 0 bridgehead atoms. The molecule has 0 radical (unpaired) electrons. The van der Waals surface area contributed by atoms with Gasteiger partial charge in [-0.3, -0.25) is 24.3 Å². The highest BCUT2D eigenvalue weighted by Crippen LogP contribution is 2.07. The molecule has 9 nitrogen and oxygen atoms in total. The van der Waals surface area contributed by atoms with Gasteiger partial charge in [-0.05, 0) is 19.4 Å². The molecule has 118 valence electrons. The van der Waals surface area contributed by atoms with E-state index in [4.69, 9.17) is 0 Å². The minimum absolute atomic E-state index is 0.0741. The van der Waals surface area contributed by atoms with Crippen molar-refractivity contribution >= 4 is 11.6 Å². The van der Waals surface area contributed by atoms with Crippen LogP contribution in [0.4, 0.5) is 5.69 Å². The molecule has 0 atom stereocenters. The summed E-state index contributed by atoms with van der Waals surface area (Å²) >= 11 is 0. The fourth-order valence-electron chi connectivity index (χ4n) is 1.96. The number of aromatic nitrogens is 4. The largest absolute Gasteiger partial charge is 0.356 e. The molecular formula is C13H18N6O3. The molecule has 0 unspecified atom stereocenters. The van der Waals surface area contributed by atoms with Crippen molar-refractivity contribution in [3.05, 3.63) is 40.5 Å². The third-order valence-corrected chi connectivity index (χ3v) is 3.20. The van der Waals surface area contributed by atoms with Crippen LogP contribution in [0.3, 0.4) is 0 Å². The number of rotatable bonds is 8. The molecule has 0 spiro atoms. The zero-order chi connectivity index (χ0) is 15.9. The number of nitrogens with zero attached hydrogens (tertiary/aromatic N) is 5. The van der Waals surface area contributed by atoms with Gasteiger partial charge in [0.2, 0.25) is 5.91 Å². The van der Waals surface area contributed by atoms with Crippen LogP contribution in [0, 0.1) is 17.0 Å². The molecule has 0 fully saturated rings. The van der Waals surface area contributed by atoms with Crippen molar-refractivity contribution in [3.8, 4) is 0 Å². The van der Waals surface area contributed by atoms with Crippen LogP contribution in [0.5, 0.6) is 0 Å². The molecule has 2 heterocycles. The van der Waals surface area contributed by atoms with Crippen LogP contribution < -0.4 is 5.32 Å². The summed E-state index contributed by atoms with van der Waals surface area (Å²) in [5.41, 5.74) is 1.02. The van der Waals surface area contributed by atoms with E-state index in [1.165, 1.54) is 17.1 Å². The summed E-state index contributed by atoms with van der Waals surface area (Å²) in [6.07, 6.45) is 5.26. The molecule has 2 rings (SSSR count). The van der Waals surface area contributed by atoms with E-state index in [1.54, 1.807) is 6.20 Å². The van der Waals surface area contributed by atoms with Gasteiger partial charge in [-0.25, -0.2) is 0 Å². The van der Waals surface area contributed by atoms with E-state index in [9.17, 15) is 14.9 Å². The maximum atomic E-state index is 11.7. The molecule has 2 aromatic heterocycles. The quantitative estimate of drug-likeness (QED) is 0.443. The van der Waals surface area contributed by atoms with Crippen LogP contribution in [-0.2, 0) is 17.9 Å². The number of nitrogens with one attached hydrogen (secondary N) is 1. The molecule has 1 N–H and O–H groups in total. The van der Waals surface area contributed by atoms with E-state index in [2.05, 4.69) is 15.5 Å². The van der Waals surface area contributed by atoms with Crippen molar-refractivity contribution in [3.63, 3.8) is 0 Å². The van der Waals surface area contributed by atoms with E-state index in [0.29, 0.717) is 13.1 Å². The Kier molecular flexibility index (Phi) is 5.23. The second-order valence-corrected chi connectivity index (χ2v) is 4.87. The van der Waals surface area contributed by atoms with Gasteiger partial charge in [0.25, 0.3) is 0 Å². The molecule has 1 amide bonds. The number of carbonyl (C=O) groups is 1. The molecule has 22 heavy (non-hydrogen) atoms. The van der Waals surface area contributed by atoms with E-state index in [1.807, 2.05) is 17.7 Å². The van der Waals surface area contributed by atoms with Crippen LogP contribution in [-0.4, -0.2) is 36.9 Å². The first-order chi connectivity index (χ1) is 10.6. The zero-order valence-corrected chi connectivity index (χ0v) is 12.3. The summed E-state index contributed by atoms with van der Waals surface area (Å²) in [7, 11) is 0. The highest BCUT2D eigenvalue weighted by Gasteiger charge is 2.09. The maximum Gasteiger partial charge on any atom is 0.306 e. The Morgan fingerprint density at radius 1 is 1.41 bits per heavy atom. The highest BCUT2D eigenvalue weighted by molar-refractivity contribution is 5.75. The van der Waals surface area contributed by atoms with Crippen molar-refractivity contribution in [2.75, 3.05) is 6.54 Å². The number of hydrogen-bond acceptors (Lipinski definition) is 5. The SMILES string of the molecule is Cc1ccnn1CCCNC(=O)CCn1cc([N+](=O)[O-])cn1. The molecule has 0 aliphatic rings. The fraction of sp³-hybridized carbons (Fsp3) is 0.462. The average molecular weight is 306 g/mol. The number of nitro groups is 1. The molecule has 2 aromatic rings. The van der Waals surface area contributed by atoms with Crippen molar-refractivity contribution in [1.29, 1.82) is 0 Å². The summed E-state index contributed by atoms with van der Waals surface area (Å²) in [6, 6.07) is 1.93. The Hall–Kier alpha value is -2.71. The number of hydrogen-bond donors (Lipinski definition) is 1. The minimum atomic E-state index is -0.513. The Morgan fingerprint density at radius 3 is 2.86 bits per heavy atom. The van der Waals surface area contributed by atoms with Gasteiger partial charge in [0.05, 0.1) is 4.92 Å². The molecule has 0 aliphatic heterocycles. The first-order valence-corrected chi connectivity index (χ1v) is 6.98. The van der Waals surface area contributed by atoms with Crippen molar-refractivity contribution in [2.45, 2.75) is 32.9 Å². The van der Waals surface area contributed by atoms with Gasteiger partial charge >= 0.3 is 5.69 Å². The lowest BCUT2D eigenvalue weighted by molar-refractivity contribution is -0.385. The summed E-state index contributed by atoms with van der Waals surface area (Å²) in [4.78, 5) is 21.7. The van der Waals surface area contributed by atoms with Crippen LogP contribution in [0.25, 0.3) is 0 Å². The third-order valence-electron chi connectivity index (χ3n) is 3.20. The van der Waals surface area contributed by atoms with E-state index in [-0.39, 0.29) is 18.0 Å². The molecule has 0 aromatic carbocycles. The second-order valence-electron chi connectivity index (χ2n) is 4.87. The standard InChI is InChI=1S/C13H18N6O3/c1-11-3-6-15-18(11)7-2-5-14-13(20)4-8-17-10-12(9-16-17)19(21)22/h3,6,9-10H,2,4-5,7-8H2,1H3,(H,14,20). The predicted octanol–water partition coefficient (Wildman–Crippen LogP) is 0.893. The Bertz CT molecular complexity index is 648. The molecule has 9 heteroatoms. The van der Waals surface area contributed by atoms with E-state index in [0.717, 1.165) is 18.7 Å². The van der Waals surface area contributed by atoms with Crippen LogP contribution in [0.15, 0.2) is 24.7 Å². The molecule has 0 saturated carbocycles. The lowest BCUT2D eigenvalue weighted by Gasteiger charge is -2.06. The van der Waals surface area contributed by atoms with E-state index < -0.39 is 4.92 Å². The van der Waals surface area contributed by atoms with Crippen LogP contribution in [0.1, 0.15) is 18.5 Å². The van der Waals surface area contributed by atoms with Gasteiger partial charge in [-0.1, -0.05) is 0 Å². The first-order valence-electron chi connectivity index (χ1n) is 6.98. The highest BCUT2D eigenvalue weighted by atomic mass is 16.6. The Morgan fingerprint density at radius 2 is 2.23 bits per heavy atom. The van der Waals surface area contributed by atoms with Crippen molar-refractivity contribution in [1.82, 2.24) is 24.9 Å². The Balaban J connectivity index is 1.63. The lowest BCUT2D eigenvalue weighted by atomic mass is 10.3. The van der Waals surface area contributed by atoms with Crippen LogP contribution >= 0.6 is 0 Å². The van der Waals surface area contributed by atoms with Crippen molar-refractivity contribution < 1.29 is 9.72 Å². The molecule has 0 saturated heterocycles. The second kappa shape index (κ2) is 7.34. The summed E-state index contributed by atoms with van der Waals surface area (Å²) < 4.78 is 3.28. The van der Waals surface area contributed by atoms with Gasteiger partial charge in [-0.2, -0.15) is 10.2 Å². The molecular weight excluding hydrogens is 288 g/mol. The van der Waals surface area contributed by atoms with Gasteiger partial charge in [0.15, 0.2) is 0 Å². The fourth-order valence-corrected chi connectivity index (χ4v) is 1.96. The number of aryl methyl sites for hydroxylation is 3. The molecule has 0 aliphatic carbocycles. The summed E-state index contributed by atoms with van der Waals surface area (Å²) in [5, 5.41) is 21.3. The van der Waals surface area contributed by atoms with Crippen molar-refractivity contribution in [2.24, 2.45) is 0 Å². The monoisotopic (exact) mass is 306 g/mol. The minimum Gasteiger partial charge on any atom is -0.356 e. The maximum absolute atomic E-state index is 11.7. The topological polar surface area (TPSA) is 108 Å². The van der Waals surface area contributed by atoms with Gasteiger partial charge in [0, 0.05) is 37.9 Å². The van der Waals surface area contributed by atoms with Gasteiger partial charge in [0.1, 0.15) is 12.4 Å². The number of amides is 1. The first kappa shape index (κ1) is 15.7. The van der Waals surface area contributed by atoms with E-state index >= 15 is 0 Å². The predicted molar refractivity (Wildman–Crippen MR) is 78.1 cm³/mol. The van der Waals surface area contributed by atoms with Gasteiger partial charge in [-0.15, -0.1) is 0 Å². The van der Waals surface area contributed by atoms with Crippen LogP contribution in [0.2, 0.25) is 0 Å². The Labute approximate surface area is 127 Å². The average Bonchev–Trinajstić information content (AvgIpc) is 3.11. The number of carbonyl (C=O) groups excluding carboxylic acids is 1. The summed E-state index contributed by atoms with van der Waals surface area (Å²) in [5.74, 6) is -0.102. The zero-order valence-electron chi connectivity index (χ0n) is 12.3. The smallest absolute Gasteiger partial charge is 0.306 e. The normalized spacial score (nSPS) is 10.6. The third kappa shape index (κ3) is 4.40.